The highest BCUT2D eigenvalue weighted by molar-refractivity contribution is 5.69. The lowest BCUT2D eigenvalue weighted by Gasteiger charge is -2.42. The molecule has 0 atom stereocenters. The van der Waals surface area contributed by atoms with Crippen LogP contribution in [0.3, 0.4) is 0 Å². The highest BCUT2D eigenvalue weighted by atomic mass is 16.4. The van der Waals surface area contributed by atoms with Gasteiger partial charge in [0.15, 0.2) is 0 Å². The summed E-state index contributed by atoms with van der Waals surface area (Å²) in [5.41, 5.74) is 1.66. The quantitative estimate of drug-likeness (QED) is 0.828. The molecule has 0 aromatic heterocycles. The van der Waals surface area contributed by atoms with Gasteiger partial charge in [-0.15, -0.1) is 0 Å². The summed E-state index contributed by atoms with van der Waals surface area (Å²) in [4.78, 5) is 12.8. The fourth-order valence-electron chi connectivity index (χ4n) is 2.55. The van der Waals surface area contributed by atoms with Gasteiger partial charge in [-0.25, -0.2) is 0 Å². The predicted molar refractivity (Wildman–Crippen MR) is 76.5 cm³/mol. The monoisotopic (exact) mass is 273 g/mol. The topological polar surface area (TPSA) is 76.4 Å². The number of aliphatic carboxylic acids is 1. The molecule has 1 aromatic carbocycles. The Morgan fingerprint density at radius 3 is 2.60 bits per heavy atom. The van der Waals surface area contributed by atoms with Crippen LogP contribution in [0.5, 0.6) is 0 Å². The van der Waals surface area contributed by atoms with Crippen LogP contribution in [-0.2, 0) is 4.79 Å². The first-order valence-corrected chi connectivity index (χ1v) is 6.85. The highest BCUT2D eigenvalue weighted by Crippen LogP contribution is 2.28. The zero-order valence-electron chi connectivity index (χ0n) is 11.5. The van der Waals surface area contributed by atoms with Gasteiger partial charge < -0.3 is 10.4 Å². The summed E-state index contributed by atoms with van der Waals surface area (Å²) in [5, 5.41) is 21.0. The molecule has 5 nitrogen and oxygen atoms in total. The number of anilines is 1. The Hall–Kier alpha value is -2.06. The van der Waals surface area contributed by atoms with Crippen molar-refractivity contribution in [3.63, 3.8) is 0 Å². The van der Waals surface area contributed by atoms with Crippen molar-refractivity contribution in [2.75, 3.05) is 18.4 Å². The number of likely N-dealkylation sites (N-methyl/N-ethyl adjacent to an activating group) is 1. The predicted octanol–water partition coefficient (Wildman–Crippen LogP) is 1.91. The molecule has 1 aliphatic rings. The van der Waals surface area contributed by atoms with E-state index in [-0.39, 0.29) is 6.54 Å². The molecule has 2 N–H and O–H groups in total. The molecule has 106 valence electrons. The summed E-state index contributed by atoms with van der Waals surface area (Å²) in [6.45, 7) is 2.87. The summed E-state index contributed by atoms with van der Waals surface area (Å²) < 4.78 is 0. The number of carboxylic acid groups (broad SMARTS) is 1. The second-order valence-corrected chi connectivity index (χ2v) is 5.11. The molecule has 2 rings (SSSR count). The van der Waals surface area contributed by atoms with Crippen molar-refractivity contribution in [1.29, 1.82) is 5.26 Å². The van der Waals surface area contributed by atoms with Crippen LogP contribution in [0, 0.1) is 11.3 Å². The highest BCUT2D eigenvalue weighted by Gasteiger charge is 2.33. The number of carbonyl (C=O) groups is 1. The Kier molecular flexibility index (Phi) is 4.59. The number of nitrogens with one attached hydrogen (secondary N) is 1. The van der Waals surface area contributed by atoms with Gasteiger partial charge in [0.1, 0.15) is 0 Å². The van der Waals surface area contributed by atoms with Gasteiger partial charge in [-0.3, -0.25) is 9.69 Å². The van der Waals surface area contributed by atoms with E-state index in [4.69, 9.17) is 10.4 Å². The molecule has 0 amide bonds. The van der Waals surface area contributed by atoms with Crippen molar-refractivity contribution in [3.8, 4) is 6.07 Å². The molecule has 5 heteroatoms. The van der Waals surface area contributed by atoms with E-state index in [1.807, 2.05) is 24.0 Å². The van der Waals surface area contributed by atoms with E-state index in [1.54, 1.807) is 12.1 Å². The maximum atomic E-state index is 10.8. The first-order valence-electron chi connectivity index (χ1n) is 6.85. The zero-order valence-corrected chi connectivity index (χ0v) is 11.5. The van der Waals surface area contributed by atoms with Crippen molar-refractivity contribution in [2.24, 2.45) is 0 Å². The summed E-state index contributed by atoms with van der Waals surface area (Å²) in [7, 11) is 0. The van der Waals surface area contributed by atoms with Gasteiger partial charge in [-0.05, 0) is 43.7 Å². The number of hydrogen-bond donors (Lipinski definition) is 2. The molecule has 1 aromatic rings. The average Bonchev–Trinajstić information content (AvgIpc) is 2.40. The van der Waals surface area contributed by atoms with Gasteiger partial charge in [-0.2, -0.15) is 5.26 Å². The number of rotatable bonds is 6. The molecule has 0 bridgehead atoms. The molecule has 0 heterocycles. The minimum Gasteiger partial charge on any atom is -0.480 e. The van der Waals surface area contributed by atoms with E-state index in [0.29, 0.717) is 17.6 Å². The lowest BCUT2D eigenvalue weighted by atomic mass is 9.85. The average molecular weight is 273 g/mol. The van der Waals surface area contributed by atoms with Crippen LogP contribution in [-0.4, -0.2) is 41.1 Å². The molecular formula is C15H19N3O2. The molecule has 0 spiro atoms. The van der Waals surface area contributed by atoms with Gasteiger partial charge in [0.2, 0.25) is 0 Å². The Labute approximate surface area is 118 Å². The van der Waals surface area contributed by atoms with Crippen molar-refractivity contribution in [1.82, 2.24) is 4.90 Å². The standard InChI is InChI=1S/C15H19N3O2/c1-2-18(10-15(19)20)14-7-13(8-14)17-12-5-3-11(9-16)4-6-12/h3-6,13-14,17H,2,7-8,10H2,1H3,(H,19,20). The van der Waals surface area contributed by atoms with Gasteiger partial charge >= 0.3 is 5.97 Å². The number of nitrogens with zero attached hydrogens (tertiary/aromatic N) is 2. The third kappa shape index (κ3) is 3.49. The van der Waals surface area contributed by atoms with Gasteiger partial charge in [0.25, 0.3) is 0 Å². The summed E-state index contributed by atoms with van der Waals surface area (Å²) in [5.74, 6) is -0.768. The van der Waals surface area contributed by atoms with E-state index in [0.717, 1.165) is 25.1 Å². The Morgan fingerprint density at radius 1 is 1.45 bits per heavy atom. The summed E-state index contributed by atoms with van der Waals surface area (Å²) >= 11 is 0. The maximum absolute atomic E-state index is 10.8. The second kappa shape index (κ2) is 6.40. The number of benzene rings is 1. The molecule has 1 fully saturated rings. The number of carboxylic acids is 1. The van der Waals surface area contributed by atoms with Crippen LogP contribution < -0.4 is 5.32 Å². The van der Waals surface area contributed by atoms with Crippen molar-refractivity contribution in [3.05, 3.63) is 29.8 Å². The van der Waals surface area contributed by atoms with Crippen molar-refractivity contribution < 1.29 is 9.90 Å². The third-order valence-corrected chi connectivity index (χ3v) is 3.76. The van der Waals surface area contributed by atoms with E-state index >= 15 is 0 Å². The van der Waals surface area contributed by atoms with Crippen LogP contribution in [0.25, 0.3) is 0 Å². The first kappa shape index (κ1) is 14.4. The van der Waals surface area contributed by atoms with Crippen LogP contribution >= 0.6 is 0 Å². The Balaban J connectivity index is 1.81. The fraction of sp³-hybridized carbons (Fsp3) is 0.467. The third-order valence-electron chi connectivity index (χ3n) is 3.76. The molecule has 20 heavy (non-hydrogen) atoms. The molecule has 1 saturated carbocycles. The van der Waals surface area contributed by atoms with E-state index in [9.17, 15) is 4.79 Å². The molecule has 0 saturated heterocycles. The largest absolute Gasteiger partial charge is 0.480 e. The number of hydrogen-bond acceptors (Lipinski definition) is 4. The first-order chi connectivity index (χ1) is 9.62. The van der Waals surface area contributed by atoms with Crippen LogP contribution in [0.2, 0.25) is 0 Å². The Bertz CT molecular complexity index is 501. The SMILES string of the molecule is CCN(CC(=O)O)C1CC(Nc2ccc(C#N)cc2)C1. The summed E-state index contributed by atoms with van der Waals surface area (Å²) in [6.07, 6.45) is 1.92. The summed E-state index contributed by atoms with van der Waals surface area (Å²) in [6, 6.07) is 10.2. The van der Waals surface area contributed by atoms with Gasteiger partial charge in [0.05, 0.1) is 18.2 Å². The molecule has 0 aliphatic heterocycles. The normalized spacial score (nSPS) is 21.1. The fourth-order valence-corrected chi connectivity index (χ4v) is 2.55. The molecule has 0 radical (unpaired) electrons. The number of nitriles is 1. The second-order valence-electron chi connectivity index (χ2n) is 5.11. The maximum Gasteiger partial charge on any atom is 0.317 e. The van der Waals surface area contributed by atoms with Crippen molar-refractivity contribution in [2.45, 2.75) is 31.8 Å². The lowest BCUT2D eigenvalue weighted by molar-refractivity contribution is -0.139. The van der Waals surface area contributed by atoms with Gasteiger partial charge in [0, 0.05) is 17.8 Å². The molecule has 0 unspecified atom stereocenters. The zero-order chi connectivity index (χ0) is 14.5. The van der Waals surface area contributed by atoms with Gasteiger partial charge in [-0.1, -0.05) is 6.92 Å². The van der Waals surface area contributed by atoms with E-state index in [1.165, 1.54) is 0 Å². The molecular weight excluding hydrogens is 254 g/mol. The Morgan fingerprint density at radius 2 is 2.10 bits per heavy atom. The van der Waals surface area contributed by atoms with Crippen LogP contribution in [0.1, 0.15) is 25.3 Å². The smallest absolute Gasteiger partial charge is 0.317 e. The van der Waals surface area contributed by atoms with E-state index in [2.05, 4.69) is 11.4 Å². The minimum atomic E-state index is -0.768. The van der Waals surface area contributed by atoms with Crippen LogP contribution in [0.4, 0.5) is 5.69 Å². The van der Waals surface area contributed by atoms with Crippen LogP contribution in [0.15, 0.2) is 24.3 Å². The minimum absolute atomic E-state index is 0.116. The van der Waals surface area contributed by atoms with E-state index < -0.39 is 5.97 Å². The lowest BCUT2D eigenvalue weighted by Crippen LogP contribution is -2.51. The van der Waals surface area contributed by atoms with Crippen molar-refractivity contribution >= 4 is 11.7 Å². The molecule has 1 aliphatic carbocycles.